The van der Waals surface area contributed by atoms with Gasteiger partial charge in [-0.3, -0.25) is 0 Å². The summed E-state index contributed by atoms with van der Waals surface area (Å²) in [6.07, 6.45) is 0. The van der Waals surface area contributed by atoms with Gasteiger partial charge in [-0.15, -0.1) is 11.3 Å². The molecule has 0 amide bonds. The summed E-state index contributed by atoms with van der Waals surface area (Å²) in [6.45, 7) is 0. The second-order valence-corrected chi connectivity index (χ2v) is 11.4. The number of hydrogen-bond acceptors (Lipinski definition) is 4. The highest BCUT2D eigenvalue weighted by atomic mass is 32.1. The van der Waals surface area contributed by atoms with Gasteiger partial charge in [-0.2, -0.15) is 10.5 Å². The van der Waals surface area contributed by atoms with Gasteiger partial charge in [0.25, 0.3) is 0 Å². The van der Waals surface area contributed by atoms with Crippen LogP contribution in [0.15, 0.2) is 126 Å². The predicted molar refractivity (Wildman–Crippen MR) is 172 cm³/mol. The van der Waals surface area contributed by atoms with E-state index >= 15 is 0 Å². The number of nitriles is 2. The summed E-state index contributed by atoms with van der Waals surface area (Å²) in [6, 6.07) is 45.6. The molecule has 0 saturated carbocycles. The summed E-state index contributed by atoms with van der Waals surface area (Å²) in [4.78, 5) is 0. The quantitative estimate of drug-likeness (QED) is 0.219. The largest absolute Gasteiger partial charge is 0.456 e. The summed E-state index contributed by atoms with van der Waals surface area (Å²) in [5.41, 5.74) is 8.41. The van der Waals surface area contributed by atoms with Gasteiger partial charge < -0.3 is 4.42 Å². The van der Waals surface area contributed by atoms with Crippen LogP contribution in [0.5, 0.6) is 0 Å². The van der Waals surface area contributed by atoms with Crippen LogP contribution in [0.4, 0.5) is 0 Å². The normalized spacial score (nSPS) is 11.3. The van der Waals surface area contributed by atoms with E-state index in [0.717, 1.165) is 60.0 Å². The van der Waals surface area contributed by atoms with Crippen LogP contribution in [-0.4, -0.2) is 0 Å². The van der Waals surface area contributed by atoms with Crippen molar-refractivity contribution in [3.05, 3.63) is 132 Å². The smallest absolute Gasteiger partial charge is 0.135 e. The second-order valence-electron chi connectivity index (χ2n) is 10.3. The molecular formula is C38H20N2OS. The number of para-hydroxylation sites is 1. The Morgan fingerprint density at radius 1 is 0.500 bits per heavy atom. The van der Waals surface area contributed by atoms with Crippen LogP contribution in [0.2, 0.25) is 0 Å². The van der Waals surface area contributed by atoms with Crippen LogP contribution in [-0.2, 0) is 0 Å². The number of fused-ring (bicyclic) bond motifs is 6. The Morgan fingerprint density at radius 3 is 2.14 bits per heavy atom. The van der Waals surface area contributed by atoms with Crippen molar-refractivity contribution in [2.75, 3.05) is 0 Å². The molecule has 2 heterocycles. The SMILES string of the molecule is N#Cc1cccc(-c2cc(-c3ccc4oc5ccccc5c4c3)cc(-c3cccc4c3sc3ccccc34)c2C#N)c1. The van der Waals surface area contributed by atoms with E-state index < -0.39 is 0 Å². The Labute approximate surface area is 245 Å². The van der Waals surface area contributed by atoms with Crippen LogP contribution in [0.25, 0.3) is 75.5 Å². The summed E-state index contributed by atoms with van der Waals surface area (Å²) in [7, 11) is 0. The molecule has 0 N–H and O–H groups in total. The molecule has 0 atom stereocenters. The standard InChI is InChI=1S/C38H20N2OS/c39-21-23-7-5-8-25(17-23)31-19-26(24-15-16-36-33(18-24)27-9-1-3-13-35(27)41-36)20-32(34(31)22-40)30-12-6-11-29-28-10-2-4-14-37(28)42-38(29)30/h1-20H. The monoisotopic (exact) mass is 552 g/mol. The third-order valence-electron chi connectivity index (χ3n) is 7.96. The van der Waals surface area contributed by atoms with Gasteiger partial charge in [0.2, 0.25) is 0 Å². The molecule has 0 unspecified atom stereocenters. The Balaban J connectivity index is 1.45. The van der Waals surface area contributed by atoms with Crippen molar-refractivity contribution < 1.29 is 4.42 Å². The van der Waals surface area contributed by atoms with Crippen molar-refractivity contribution in [2.45, 2.75) is 0 Å². The van der Waals surface area contributed by atoms with Crippen molar-refractivity contribution in [1.82, 2.24) is 0 Å². The van der Waals surface area contributed by atoms with Gasteiger partial charge in [-0.25, -0.2) is 0 Å². The minimum atomic E-state index is 0.557. The Morgan fingerprint density at radius 2 is 1.26 bits per heavy atom. The van der Waals surface area contributed by atoms with E-state index in [1.165, 1.54) is 15.5 Å². The van der Waals surface area contributed by atoms with E-state index in [-0.39, 0.29) is 0 Å². The summed E-state index contributed by atoms with van der Waals surface area (Å²) >= 11 is 1.75. The molecule has 0 radical (unpaired) electrons. The molecule has 4 heteroatoms. The van der Waals surface area contributed by atoms with Gasteiger partial charge >= 0.3 is 0 Å². The van der Waals surface area contributed by atoms with Gasteiger partial charge in [0.1, 0.15) is 17.2 Å². The van der Waals surface area contributed by atoms with Crippen LogP contribution in [0.1, 0.15) is 11.1 Å². The molecule has 194 valence electrons. The van der Waals surface area contributed by atoms with Gasteiger partial charge in [-0.05, 0) is 65.2 Å². The highest BCUT2D eigenvalue weighted by Crippen LogP contribution is 2.44. The fourth-order valence-electron chi connectivity index (χ4n) is 5.99. The van der Waals surface area contributed by atoms with Crippen molar-refractivity contribution >= 4 is 53.4 Å². The number of hydrogen-bond donors (Lipinski definition) is 0. The Bertz CT molecular complexity index is 2450. The lowest BCUT2D eigenvalue weighted by Crippen LogP contribution is -1.93. The fraction of sp³-hybridized carbons (Fsp3) is 0. The highest BCUT2D eigenvalue weighted by Gasteiger charge is 2.19. The van der Waals surface area contributed by atoms with Crippen molar-refractivity contribution in [2.24, 2.45) is 0 Å². The zero-order valence-corrected chi connectivity index (χ0v) is 23.1. The number of nitrogens with zero attached hydrogens (tertiary/aromatic N) is 2. The number of benzene rings is 6. The van der Waals surface area contributed by atoms with Crippen molar-refractivity contribution in [1.29, 1.82) is 10.5 Å². The van der Waals surface area contributed by atoms with Crippen molar-refractivity contribution in [3.63, 3.8) is 0 Å². The molecular weight excluding hydrogens is 532 g/mol. The first-order chi connectivity index (χ1) is 20.7. The van der Waals surface area contributed by atoms with E-state index in [1.54, 1.807) is 17.4 Å². The average molecular weight is 553 g/mol. The van der Waals surface area contributed by atoms with E-state index in [1.807, 2.05) is 42.5 Å². The first-order valence-electron chi connectivity index (χ1n) is 13.6. The molecule has 0 saturated heterocycles. The van der Waals surface area contributed by atoms with E-state index in [9.17, 15) is 10.5 Å². The van der Waals surface area contributed by atoms with Gasteiger partial charge in [0, 0.05) is 47.6 Å². The molecule has 0 spiro atoms. The zero-order chi connectivity index (χ0) is 28.2. The van der Waals surface area contributed by atoms with E-state index in [0.29, 0.717) is 11.1 Å². The lowest BCUT2D eigenvalue weighted by atomic mass is 9.87. The molecule has 0 bridgehead atoms. The van der Waals surface area contributed by atoms with Gasteiger partial charge in [-0.1, -0.05) is 72.8 Å². The lowest BCUT2D eigenvalue weighted by Gasteiger charge is -2.15. The number of furan rings is 1. The van der Waals surface area contributed by atoms with Crippen LogP contribution in [0.3, 0.4) is 0 Å². The summed E-state index contributed by atoms with van der Waals surface area (Å²) in [5.74, 6) is 0. The first-order valence-corrected chi connectivity index (χ1v) is 14.4. The van der Waals surface area contributed by atoms with Gasteiger partial charge in [0.15, 0.2) is 0 Å². The molecule has 6 aromatic carbocycles. The molecule has 3 nitrogen and oxygen atoms in total. The third-order valence-corrected chi connectivity index (χ3v) is 9.18. The van der Waals surface area contributed by atoms with Gasteiger partial charge in [0.05, 0.1) is 17.2 Å². The second kappa shape index (κ2) is 9.46. The molecule has 0 aliphatic rings. The molecule has 42 heavy (non-hydrogen) atoms. The minimum absolute atomic E-state index is 0.557. The maximum atomic E-state index is 10.6. The topological polar surface area (TPSA) is 60.7 Å². The van der Waals surface area contributed by atoms with Crippen LogP contribution in [0, 0.1) is 22.7 Å². The van der Waals surface area contributed by atoms with E-state index in [2.05, 4.69) is 84.9 Å². The highest BCUT2D eigenvalue weighted by molar-refractivity contribution is 7.26. The third kappa shape index (κ3) is 3.71. The summed E-state index contributed by atoms with van der Waals surface area (Å²) < 4.78 is 8.47. The molecule has 0 aliphatic carbocycles. The van der Waals surface area contributed by atoms with E-state index in [4.69, 9.17) is 4.42 Å². The number of thiophene rings is 1. The fourth-order valence-corrected chi connectivity index (χ4v) is 7.22. The number of rotatable bonds is 3. The Kier molecular flexibility index (Phi) is 5.44. The molecule has 8 rings (SSSR count). The predicted octanol–water partition coefficient (Wildman–Crippen LogP) is 10.7. The van der Waals surface area contributed by atoms with Crippen molar-refractivity contribution in [3.8, 4) is 45.5 Å². The van der Waals surface area contributed by atoms with Crippen LogP contribution < -0.4 is 0 Å². The van der Waals surface area contributed by atoms with Crippen LogP contribution >= 0.6 is 11.3 Å². The first kappa shape index (κ1) is 24.1. The average Bonchev–Trinajstić information content (AvgIpc) is 3.62. The Hall–Kier alpha value is -5.68. The zero-order valence-electron chi connectivity index (χ0n) is 22.3. The molecule has 2 aromatic heterocycles. The maximum absolute atomic E-state index is 10.6. The minimum Gasteiger partial charge on any atom is -0.456 e. The summed E-state index contributed by atoms with van der Waals surface area (Å²) in [5, 5.41) is 24.8. The lowest BCUT2D eigenvalue weighted by molar-refractivity contribution is 0.669. The molecule has 8 aromatic rings. The molecule has 0 fully saturated rings. The maximum Gasteiger partial charge on any atom is 0.135 e. The molecule has 0 aliphatic heterocycles.